The highest BCUT2D eigenvalue weighted by Crippen LogP contribution is 2.36. The third-order valence-corrected chi connectivity index (χ3v) is 8.87. The summed E-state index contributed by atoms with van der Waals surface area (Å²) in [6.07, 6.45) is 4.12. The lowest BCUT2D eigenvalue weighted by Crippen LogP contribution is -2.24. The van der Waals surface area contributed by atoms with E-state index in [0.29, 0.717) is 20.9 Å². The normalized spacial score (nSPS) is 13.1. The lowest BCUT2D eigenvalue weighted by Gasteiger charge is -2.16. The smallest absolute Gasteiger partial charge is 0.267 e. The minimum atomic E-state index is -0.281. The van der Waals surface area contributed by atoms with Crippen molar-refractivity contribution in [2.45, 2.75) is 44.7 Å². The Bertz CT molecular complexity index is 1510. The molecule has 0 bridgehead atoms. The number of hydrogen-bond donors (Lipinski definition) is 1. The van der Waals surface area contributed by atoms with Crippen molar-refractivity contribution in [3.05, 3.63) is 78.4 Å². The van der Waals surface area contributed by atoms with Crippen LogP contribution in [0.4, 0.5) is 5.69 Å². The average molecular weight is 545 g/mol. The predicted molar refractivity (Wildman–Crippen MR) is 147 cm³/mol. The van der Waals surface area contributed by atoms with Crippen LogP contribution in [-0.4, -0.2) is 21.2 Å². The van der Waals surface area contributed by atoms with E-state index >= 15 is 0 Å². The number of thiophene rings is 1. The fourth-order valence-electron chi connectivity index (χ4n) is 4.47. The molecule has 5 nitrogen and oxygen atoms in total. The molecule has 35 heavy (non-hydrogen) atoms. The van der Waals surface area contributed by atoms with E-state index < -0.39 is 0 Å². The van der Waals surface area contributed by atoms with Gasteiger partial charge in [-0.05, 0) is 68.9 Å². The van der Waals surface area contributed by atoms with Gasteiger partial charge in [-0.15, -0.1) is 11.3 Å². The van der Waals surface area contributed by atoms with Gasteiger partial charge >= 0.3 is 0 Å². The predicted octanol–water partition coefficient (Wildman–Crippen LogP) is 6.98. The van der Waals surface area contributed by atoms with Gasteiger partial charge in [0.1, 0.15) is 4.83 Å². The first-order chi connectivity index (χ1) is 16.8. The number of benzene rings is 2. The minimum absolute atomic E-state index is 0.0511. The van der Waals surface area contributed by atoms with Crippen molar-refractivity contribution in [2.24, 2.45) is 0 Å². The largest absolute Gasteiger partial charge is 0.323 e. The van der Waals surface area contributed by atoms with Crippen LogP contribution in [0.1, 0.15) is 34.4 Å². The Balaban J connectivity index is 1.56. The van der Waals surface area contributed by atoms with Crippen LogP contribution in [0.15, 0.2) is 46.3 Å². The zero-order chi connectivity index (χ0) is 24.7. The van der Waals surface area contributed by atoms with Crippen LogP contribution < -0.4 is 10.9 Å². The molecule has 180 valence electrons. The van der Waals surface area contributed by atoms with Gasteiger partial charge in [-0.2, -0.15) is 0 Å². The zero-order valence-corrected chi connectivity index (χ0v) is 22.4. The summed E-state index contributed by atoms with van der Waals surface area (Å²) in [7, 11) is 0. The van der Waals surface area contributed by atoms with E-state index in [2.05, 4.69) is 11.4 Å². The lowest BCUT2D eigenvalue weighted by molar-refractivity contribution is -0.113. The number of amides is 1. The number of halogens is 2. The molecule has 0 aliphatic heterocycles. The van der Waals surface area contributed by atoms with E-state index in [4.69, 9.17) is 28.2 Å². The van der Waals surface area contributed by atoms with Crippen LogP contribution in [-0.2, 0) is 17.6 Å². The number of anilines is 1. The summed E-state index contributed by atoms with van der Waals surface area (Å²) in [5.74, 6) is -0.229. The number of nitrogens with one attached hydrogen (secondary N) is 1. The number of aryl methyl sites for hydroxylation is 4. The van der Waals surface area contributed by atoms with E-state index in [0.717, 1.165) is 58.3 Å². The number of nitrogens with zero attached hydrogens (tertiary/aromatic N) is 2. The fourth-order valence-corrected chi connectivity index (χ4v) is 7.07. The standard InChI is InChI=1S/C26H23Cl2N3O2S2/c1-14-10-11-19(15(2)12-14)31-25(33)22-16-6-3-4-9-20(16)35-24(22)30-26(31)34-13-21(32)29-23-17(27)7-5-8-18(23)28/h5,7-8,10-12H,3-4,6,9,13H2,1-2H3,(H,29,32). The van der Waals surface area contributed by atoms with Crippen LogP contribution in [0.2, 0.25) is 10.0 Å². The van der Waals surface area contributed by atoms with Gasteiger partial charge in [-0.3, -0.25) is 14.2 Å². The summed E-state index contributed by atoms with van der Waals surface area (Å²) in [5, 5.41) is 4.73. The molecule has 0 unspecified atom stereocenters. The molecule has 9 heteroatoms. The van der Waals surface area contributed by atoms with Crippen molar-refractivity contribution in [1.29, 1.82) is 0 Å². The quantitative estimate of drug-likeness (QED) is 0.218. The van der Waals surface area contributed by atoms with Gasteiger partial charge < -0.3 is 5.32 Å². The molecule has 0 saturated heterocycles. The van der Waals surface area contributed by atoms with E-state index in [9.17, 15) is 9.59 Å². The first kappa shape index (κ1) is 24.4. The summed E-state index contributed by atoms with van der Waals surface area (Å²) in [5.41, 5.74) is 4.33. The Labute approximate surface area is 221 Å². The number of aromatic nitrogens is 2. The molecular weight excluding hydrogens is 521 g/mol. The molecule has 0 fully saturated rings. The first-order valence-electron chi connectivity index (χ1n) is 11.3. The average Bonchev–Trinajstić information content (AvgIpc) is 3.20. The number of hydrogen-bond acceptors (Lipinski definition) is 5. The van der Waals surface area contributed by atoms with E-state index in [1.807, 2.05) is 26.0 Å². The number of thioether (sulfide) groups is 1. The van der Waals surface area contributed by atoms with E-state index in [-0.39, 0.29) is 17.2 Å². The van der Waals surface area contributed by atoms with Crippen molar-refractivity contribution in [1.82, 2.24) is 9.55 Å². The lowest BCUT2D eigenvalue weighted by atomic mass is 9.97. The molecule has 1 aliphatic rings. The van der Waals surface area contributed by atoms with Gasteiger partial charge in [0.15, 0.2) is 5.16 Å². The molecule has 0 saturated carbocycles. The highest BCUT2D eigenvalue weighted by atomic mass is 35.5. The molecule has 0 spiro atoms. The van der Waals surface area contributed by atoms with Crippen LogP contribution in [0.3, 0.4) is 0 Å². The Morgan fingerprint density at radius 1 is 1.14 bits per heavy atom. The molecule has 4 aromatic rings. The summed E-state index contributed by atoms with van der Waals surface area (Å²) in [6, 6.07) is 11.0. The molecule has 1 N–H and O–H groups in total. The Morgan fingerprint density at radius 2 is 1.89 bits per heavy atom. The van der Waals surface area contributed by atoms with Gasteiger partial charge in [0.05, 0.1) is 32.6 Å². The molecule has 2 aromatic heterocycles. The third-order valence-electron chi connectivity index (χ3n) is 6.11. The van der Waals surface area contributed by atoms with Crippen LogP contribution >= 0.6 is 46.3 Å². The summed E-state index contributed by atoms with van der Waals surface area (Å²) < 4.78 is 1.67. The second-order valence-corrected chi connectivity index (χ2v) is 11.5. The topological polar surface area (TPSA) is 64.0 Å². The van der Waals surface area contributed by atoms with Crippen LogP contribution in [0, 0.1) is 13.8 Å². The maximum atomic E-state index is 13.9. The molecular formula is C26H23Cl2N3O2S2. The third kappa shape index (κ3) is 4.75. The van der Waals surface area contributed by atoms with Crippen molar-refractivity contribution < 1.29 is 4.79 Å². The Kier molecular flexibility index (Phi) is 6.95. The fraction of sp³-hybridized carbons (Fsp3) is 0.269. The number of para-hydroxylation sites is 1. The maximum Gasteiger partial charge on any atom is 0.267 e. The Hall–Kier alpha value is -2.32. The maximum absolute atomic E-state index is 13.9. The van der Waals surface area contributed by atoms with Gasteiger partial charge in [0.25, 0.3) is 5.56 Å². The number of fused-ring (bicyclic) bond motifs is 3. The molecule has 0 radical (unpaired) electrons. The SMILES string of the molecule is Cc1ccc(-n2c(SCC(=O)Nc3c(Cl)cccc3Cl)nc3sc4c(c3c2=O)CCCC4)c(C)c1. The molecule has 2 aromatic carbocycles. The van der Waals surface area contributed by atoms with Crippen molar-refractivity contribution >= 4 is 68.1 Å². The van der Waals surface area contributed by atoms with Gasteiger partial charge in [-0.25, -0.2) is 4.98 Å². The molecule has 2 heterocycles. The molecule has 1 aliphatic carbocycles. The number of rotatable bonds is 5. The van der Waals surface area contributed by atoms with Gasteiger partial charge in [0, 0.05) is 4.88 Å². The highest BCUT2D eigenvalue weighted by molar-refractivity contribution is 7.99. The van der Waals surface area contributed by atoms with E-state index in [1.165, 1.54) is 16.6 Å². The monoisotopic (exact) mass is 543 g/mol. The van der Waals surface area contributed by atoms with Crippen LogP contribution in [0.25, 0.3) is 15.9 Å². The number of carbonyl (C=O) groups is 1. The summed E-state index contributed by atoms with van der Waals surface area (Å²) >= 11 is 15.2. The molecule has 1 amide bonds. The Morgan fingerprint density at radius 3 is 2.63 bits per heavy atom. The first-order valence-corrected chi connectivity index (χ1v) is 13.9. The minimum Gasteiger partial charge on any atom is -0.323 e. The highest BCUT2D eigenvalue weighted by Gasteiger charge is 2.24. The van der Waals surface area contributed by atoms with Gasteiger partial charge in [-0.1, -0.05) is 58.7 Å². The van der Waals surface area contributed by atoms with Crippen molar-refractivity contribution in [2.75, 3.05) is 11.1 Å². The second kappa shape index (κ2) is 9.97. The number of carbonyl (C=O) groups excluding carboxylic acids is 1. The van der Waals surface area contributed by atoms with Crippen molar-refractivity contribution in [3.63, 3.8) is 0 Å². The summed E-state index contributed by atoms with van der Waals surface area (Å²) in [6.45, 7) is 4.01. The second-order valence-electron chi connectivity index (χ2n) is 8.65. The van der Waals surface area contributed by atoms with E-state index in [1.54, 1.807) is 34.1 Å². The molecule has 5 rings (SSSR count). The van der Waals surface area contributed by atoms with Crippen LogP contribution in [0.5, 0.6) is 0 Å². The van der Waals surface area contributed by atoms with Crippen molar-refractivity contribution in [3.8, 4) is 5.69 Å². The summed E-state index contributed by atoms with van der Waals surface area (Å²) in [4.78, 5) is 33.6. The zero-order valence-electron chi connectivity index (χ0n) is 19.3. The molecule has 0 atom stereocenters. The van der Waals surface area contributed by atoms with Gasteiger partial charge in [0.2, 0.25) is 5.91 Å².